The Morgan fingerprint density at radius 2 is 1.76 bits per heavy atom. The molecule has 2 aromatic heterocycles. The van der Waals surface area contributed by atoms with Crippen molar-refractivity contribution in [1.82, 2.24) is 9.97 Å². The summed E-state index contributed by atoms with van der Waals surface area (Å²) >= 11 is 6.61. The largest absolute Gasteiger partial charge is 0.470 e. The lowest BCUT2D eigenvalue weighted by Gasteiger charge is -2.28. The summed E-state index contributed by atoms with van der Waals surface area (Å²) in [5.74, 6) is 0.618. The van der Waals surface area contributed by atoms with Crippen molar-refractivity contribution < 1.29 is 23.7 Å². The van der Waals surface area contributed by atoms with Crippen LogP contribution >= 0.6 is 11.6 Å². The van der Waals surface area contributed by atoms with Gasteiger partial charge < -0.3 is 33.6 Å². The first-order chi connectivity index (χ1) is 16.2. The van der Waals surface area contributed by atoms with Crippen molar-refractivity contribution in [2.75, 3.05) is 51.5 Å². The van der Waals surface area contributed by atoms with Crippen molar-refractivity contribution in [2.24, 2.45) is 0 Å². The molecule has 6 rings (SSSR count). The normalized spacial score (nSPS) is 27.3. The van der Waals surface area contributed by atoms with Crippen LogP contribution in [0, 0.1) is 0 Å². The fraction of sp³-hybridized carbons (Fsp3) is 0.458. The Labute approximate surface area is 196 Å². The molecule has 9 heteroatoms. The van der Waals surface area contributed by atoms with Crippen LogP contribution in [0.2, 0.25) is 5.02 Å². The van der Waals surface area contributed by atoms with Crippen LogP contribution in [0.3, 0.4) is 0 Å². The lowest BCUT2D eigenvalue weighted by atomic mass is 10.1. The van der Waals surface area contributed by atoms with Gasteiger partial charge >= 0.3 is 0 Å². The number of ether oxygens (including phenoxy) is 5. The first-order valence-corrected chi connectivity index (χ1v) is 11.6. The number of methoxy groups -OCH3 is 1. The Morgan fingerprint density at radius 3 is 2.52 bits per heavy atom. The average Bonchev–Trinajstić information content (AvgIpc) is 3.55. The van der Waals surface area contributed by atoms with Crippen LogP contribution < -0.4 is 9.64 Å². The number of H-pyrrole nitrogens is 1. The number of fused-ring (bicyclic) bond motifs is 2. The molecule has 3 saturated heterocycles. The SMILES string of the molecule is CO[C@@H]1COC2C1OC[C@H]2Oc1cc2nc(-c3ccc(N4CCOCC4)cc3)c(Cl)cc2[nH]1. The maximum absolute atomic E-state index is 6.61. The minimum Gasteiger partial charge on any atom is -0.470 e. The number of nitrogens with zero attached hydrogens (tertiary/aromatic N) is 2. The second kappa shape index (κ2) is 8.77. The van der Waals surface area contributed by atoms with Gasteiger partial charge in [0.25, 0.3) is 0 Å². The number of benzene rings is 1. The Bertz CT molecular complexity index is 1130. The molecule has 174 valence electrons. The van der Waals surface area contributed by atoms with Gasteiger partial charge in [-0.05, 0) is 18.2 Å². The van der Waals surface area contributed by atoms with Crippen LogP contribution in [0.25, 0.3) is 22.3 Å². The van der Waals surface area contributed by atoms with E-state index >= 15 is 0 Å². The van der Waals surface area contributed by atoms with Crippen LogP contribution in [-0.4, -0.2) is 81.0 Å². The summed E-state index contributed by atoms with van der Waals surface area (Å²) in [4.78, 5) is 10.4. The number of morpholine rings is 1. The highest BCUT2D eigenvalue weighted by Gasteiger charge is 2.49. The van der Waals surface area contributed by atoms with Gasteiger partial charge in [-0.2, -0.15) is 0 Å². The number of aromatic amines is 1. The van der Waals surface area contributed by atoms with Gasteiger partial charge in [0.1, 0.15) is 18.3 Å². The number of hydrogen-bond acceptors (Lipinski definition) is 7. The van der Waals surface area contributed by atoms with Crippen molar-refractivity contribution in [3.05, 3.63) is 41.4 Å². The van der Waals surface area contributed by atoms with Gasteiger partial charge in [-0.1, -0.05) is 23.7 Å². The van der Waals surface area contributed by atoms with E-state index in [1.54, 1.807) is 7.11 Å². The minimum absolute atomic E-state index is 0.0519. The molecule has 2 unspecified atom stereocenters. The molecule has 3 aliphatic rings. The predicted octanol–water partition coefficient (Wildman–Crippen LogP) is 3.28. The Balaban J connectivity index is 1.21. The monoisotopic (exact) mass is 471 g/mol. The number of halogens is 1. The third kappa shape index (κ3) is 3.96. The Morgan fingerprint density at radius 1 is 1.03 bits per heavy atom. The predicted molar refractivity (Wildman–Crippen MR) is 124 cm³/mol. The van der Waals surface area contributed by atoms with E-state index in [1.807, 2.05) is 12.1 Å². The standard InChI is InChI=1S/C24H26ClN3O5/c1-29-19-12-31-24-20(13-32-23(19)24)33-21-11-18-17(26-21)10-16(25)22(27-18)14-2-4-15(5-3-14)28-6-8-30-9-7-28/h2-5,10-11,19-20,23-24,26H,6-9,12-13H2,1H3/t19-,20-,23?,24?/m1/s1. The molecule has 8 nitrogen and oxygen atoms in total. The molecule has 3 fully saturated rings. The third-order valence-electron chi connectivity index (χ3n) is 6.59. The van der Waals surface area contributed by atoms with Crippen molar-refractivity contribution >= 4 is 28.3 Å². The number of anilines is 1. The van der Waals surface area contributed by atoms with Crippen molar-refractivity contribution in [3.8, 4) is 17.1 Å². The number of nitrogens with one attached hydrogen (secondary N) is 1. The van der Waals surface area contributed by atoms with Crippen LogP contribution in [0.4, 0.5) is 5.69 Å². The maximum Gasteiger partial charge on any atom is 0.193 e. The van der Waals surface area contributed by atoms with Crippen LogP contribution in [-0.2, 0) is 18.9 Å². The smallest absolute Gasteiger partial charge is 0.193 e. The van der Waals surface area contributed by atoms with Gasteiger partial charge in [-0.3, -0.25) is 0 Å². The van der Waals surface area contributed by atoms with E-state index in [0.29, 0.717) is 24.1 Å². The zero-order chi connectivity index (χ0) is 22.4. The summed E-state index contributed by atoms with van der Waals surface area (Å²) in [6.07, 6.45) is -0.489. The summed E-state index contributed by atoms with van der Waals surface area (Å²) in [7, 11) is 1.68. The minimum atomic E-state index is -0.203. The van der Waals surface area contributed by atoms with E-state index in [2.05, 4.69) is 34.1 Å². The molecule has 33 heavy (non-hydrogen) atoms. The second-order valence-corrected chi connectivity index (χ2v) is 8.97. The van der Waals surface area contributed by atoms with Gasteiger partial charge in [-0.15, -0.1) is 0 Å². The molecule has 3 aromatic rings. The fourth-order valence-electron chi connectivity index (χ4n) is 4.82. The maximum atomic E-state index is 6.61. The first-order valence-electron chi connectivity index (χ1n) is 11.2. The number of hydrogen-bond donors (Lipinski definition) is 1. The Hall–Kier alpha value is -2.36. The third-order valence-corrected chi connectivity index (χ3v) is 6.88. The van der Waals surface area contributed by atoms with E-state index in [4.69, 9.17) is 40.3 Å². The van der Waals surface area contributed by atoms with Gasteiger partial charge in [0.2, 0.25) is 0 Å². The number of pyridine rings is 1. The molecule has 0 aliphatic carbocycles. The van der Waals surface area contributed by atoms with Crippen LogP contribution in [0.15, 0.2) is 36.4 Å². The van der Waals surface area contributed by atoms with E-state index in [-0.39, 0.29) is 24.4 Å². The highest BCUT2D eigenvalue weighted by atomic mass is 35.5. The molecule has 0 bridgehead atoms. The fourth-order valence-corrected chi connectivity index (χ4v) is 5.08. The summed E-state index contributed by atoms with van der Waals surface area (Å²) < 4.78 is 28.8. The van der Waals surface area contributed by atoms with E-state index in [0.717, 1.165) is 48.6 Å². The quantitative estimate of drug-likeness (QED) is 0.611. The van der Waals surface area contributed by atoms with Crippen LogP contribution in [0.1, 0.15) is 0 Å². The molecule has 0 radical (unpaired) electrons. The molecule has 0 amide bonds. The molecule has 1 N–H and O–H groups in total. The molecular formula is C24H26ClN3O5. The lowest BCUT2D eigenvalue weighted by Crippen LogP contribution is -2.36. The van der Waals surface area contributed by atoms with Gasteiger partial charge in [0.15, 0.2) is 12.0 Å². The summed E-state index contributed by atoms with van der Waals surface area (Å²) in [6, 6.07) is 12.1. The van der Waals surface area contributed by atoms with E-state index < -0.39 is 0 Å². The van der Waals surface area contributed by atoms with E-state index in [9.17, 15) is 0 Å². The molecule has 5 heterocycles. The molecule has 1 aromatic carbocycles. The number of aromatic nitrogens is 2. The molecule has 0 spiro atoms. The number of rotatable bonds is 5. The summed E-state index contributed by atoms with van der Waals surface area (Å²) in [5, 5.41) is 0.585. The van der Waals surface area contributed by atoms with Crippen molar-refractivity contribution in [1.29, 1.82) is 0 Å². The van der Waals surface area contributed by atoms with Crippen LogP contribution in [0.5, 0.6) is 5.88 Å². The zero-order valence-corrected chi connectivity index (χ0v) is 19.1. The molecular weight excluding hydrogens is 446 g/mol. The average molecular weight is 472 g/mol. The lowest BCUT2D eigenvalue weighted by molar-refractivity contribution is -0.0141. The summed E-state index contributed by atoms with van der Waals surface area (Å²) in [5.41, 5.74) is 4.51. The van der Waals surface area contributed by atoms with Crippen molar-refractivity contribution in [2.45, 2.75) is 24.4 Å². The van der Waals surface area contributed by atoms with Gasteiger partial charge in [-0.25, -0.2) is 4.98 Å². The second-order valence-electron chi connectivity index (χ2n) is 8.56. The molecule has 4 atom stereocenters. The molecule has 3 aliphatic heterocycles. The van der Waals surface area contributed by atoms with Gasteiger partial charge in [0, 0.05) is 37.5 Å². The van der Waals surface area contributed by atoms with E-state index in [1.165, 1.54) is 5.69 Å². The highest BCUT2D eigenvalue weighted by molar-refractivity contribution is 6.33. The molecule has 0 saturated carbocycles. The topological polar surface area (TPSA) is 78.1 Å². The van der Waals surface area contributed by atoms with Gasteiger partial charge in [0.05, 0.1) is 48.2 Å². The Kier molecular flexibility index (Phi) is 5.63. The zero-order valence-electron chi connectivity index (χ0n) is 18.3. The van der Waals surface area contributed by atoms with Crippen molar-refractivity contribution in [3.63, 3.8) is 0 Å². The highest BCUT2D eigenvalue weighted by Crippen LogP contribution is 2.34. The summed E-state index contributed by atoms with van der Waals surface area (Å²) in [6.45, 7) is 4.31. The first kappa shape index (κ1) is 21.2.